The number of carbonyl (C=O) groups is 1. The topological polar surface area (TPSA) is 89.8 Å². The summed E-state index contributed by atoms with van der Waals surface area (Å²) < 4.78 is 1.29. The van der Waals surface area contributed by atoms with Crippen molar-refractivity contribution in [1.82, 2.24) is 19.5 Å². The van der Waals surface area contributed by atoms with Crippen LogP contribution in [0.2, 0.25) is 0 Å². The van der Waals surface area contributed by atoms with Gasteiger partial charge >= 0.3 is 0 Å². The van der Waals surface area contributed by atoms with Crippen molar-refractivity contribution in [2.24, 2.45) is 0 Å². The van der Waals surface area contributed by atoms with E-state index in [0.717, 1.165) is 5.56 Å². The van der Waals surface area contributed by atoms with Gasteiger partial charge in [-0.3, -0.25) is 14.2 Å². The van der Waals surface area contributed by atoms with E-state index in [1.807, 2.05) is 33.8 Å². The Morgan fingerprint density at radius 3 is 2.50 bits per heavy atom. The number of amides is 1. The van der Waals surface area contributed by atoms with Crippen LogP contribution in [0.5, 0.6) is 0 Å². The predicted octanol–water partition coefficient (Wildman–Crippen LogP) is 2.43. The lowest BCUT2D eigenvalue weighted by Gasteiger charge is -2.16. The molecule has 26 heavy (non-hydrogen) atoms. The molecule has 0 saturated carbocycles. The first-order valence-corrected chi connectivity index (χ1v) is 8.33. The normalized spacial score (nSPS) is 11.5. The van der Waals surface area contributed by atoms with Crippen LogP contribution in [0.3, 0.4) is 0 Å². The number of fused-ring (bicyclic) bond motifs is 1. The number of benzene rings is 1. The van der Waals surface area contributed by atoms with Gasteiger partial charge in [0.25, 0.3) is 5.56 Å². The van der Waals surface area contributed by atoms with Gasteiger partial charge in [0.15, 0.2) is 0 Å². The van der Waals surface area contributed by atoms with Crippen LogP contribution in [0.1, 0.15) is 32.2 Å². The first-order chi connectivity index (χ1) is 12.3. The molecule has 0 bridgehead atoms. The largest absolute Gasteiger partial charge is 0.322 e. The van der Waals surface area contributed by atoms with Gasteiger partial charge in [0.2, 0.25) is 5.91 Å². The second-order valence-corrected chi connectivity index (χ2v) is 7.24. The molecule has 0 aliphatic heterocycles. The Bertz CT molecular complexity index is 1020. The fourth-order valence-corrected chi connectivity index (χ4v) is 2.59. The maximum atomic E-state index is 12.5. The SMILES string of the molecule is Cc1cccc2c(=O)n(CC(=O)Nc3cnc(C(C)(C)C)nc3)cnc12. The number of nitrogens with one attached hydrogen (secondary N) is 1. The molecule has 7 heteroatoms. The summed E-state index contributed by atoms with van der Waals surface area (Å²) in [6, 6.07) is 5.41. The number of carbonyl (C=O) groups excluding carboxylic acids is 1. The Labute approximate surface area is 151 Å². The van der Waals surface area contributed by atoms with Crippen LogP contribution in [-0.4, -0.2) is 25.4 Å². The highest BCUT2D eigenvalue weighted by atomic mass is 16.2. The molecule has 7 nitrogen and oxygen atoms in total. The zero-order valence-electron chi connectivity index (χ0n) is 15.3. The standard InChI is InChI=1S/C19H21N5O2/c1-12-6-5-7-14-16(12)22-11-24(17(14)26)10-15(25)23-13-8-20-18(21-9-13)19(2,3)4/h5-9,11H,10H2,1-4H3,(H,23,25). The number of nitrogens with zero attached hydrogens (tertiary/aromatic N) is 4. The highest BCUT2D eigenvalue weighted by molar-refractivity contribution is 5.90. The molecule has 0 aliphatic carbocycles. The third kappa shape index (κ3) is 3.61. The van der Waals surface area contributed by atoms with Gasteiger partial charge in [-0.25, -0.2) is 15.0 Å². The Morgan fingerprint density at radius 1 is 1.15 bits per heavy atom. The van der Waals surface area contributed by atoms with E-state index in [-0.39, 0.29) is 23.4 Å². The Morgan fingerprint density at radius 2 is 1.85 bits per heavy atom. The van der Waals surface area contributed by atoms with Gasteiger partial charge in [-0.05, 0) is 18.6 Å². The zero-order valence-corrected chi connectivity index (χ0v) is 15.3. The van der Waals surface area contributed by atoms with E-state index in [9.17, 15) is 9.59 Å². The van der Waals surface area contributed by atoms with E-state index < -0.39 is 0 Å². The third-order valence-corrected chi connectivity index (χ3v) is 3.98. The first-order valence-electron chi connectivity index (χ1n) is 8.33. The molecule has 1 N–H and O–H groups in total. The summed E-state index contributed by atoms with van der Waals surface area (Å²) in [4.78, 5) is 37.6. The average molecular weight is 351 g/mol. The Balaban J connectivity index is 1.77. The highest BCUT2D eigenvalue weighted by Gasteiger charge is 2.17. The average Bonchev–Trinajstić information content (AvgIpc) is 2.57. The van der Waals surface area contributed by atoms with Gasteiger partial charge in [0, 0.05) is 5.41 Å². The van der Waals surface area contributed by atoms with Crippen LogP contribution in [0.25, 0.3) is 10.9 Å². The summed E-state index contributed by atoms with van der Waals surface area (Å²) in [5.41, 5.74) is 1.66. The van der Waals surface area contributed by atoms with Crippen molar-refractivity contribution in [2.75, 3.05) is 5.32 Å². The molecule has 134 valence electrons. The number of para-hydroxylation sites is 1. The molecule has 3 rings (SSSR count). The van der Waals surface area contributed by atoms with Crippen LogP contribution < -0.4 is 10.9 Å². The second kappa shape index (κ2) is 6.67. The molecule has 0 spiro atoms. The lowest BCUT2D eigenvalue weighted by atomic mass is 9.96. The van der Waals surface area contributed by atoms with Crippen LogP contribution in [0, 0.1) is 6.92 Å². The van der Waals surface area contributed by atoms with Gasteiger partial charge in [-0.15, -0.1) is 0 Å². The maximum absolute atomic E-state index is 12.5. The summed E-state index contributed by atoms with van der Waals surface area (Å²) in [6.45, 7) is 7.81. The predicted molar refractivity (Wildman–Crippen MR) is 100 cm³/mol. The van der Waals surface area contributed by atoms with Crippen molar-refractivity contribution in [2.45, 2.75) is 39.7 Å². The highest BCUT2D eigenvalue weighted by Crippen LogP contribution is 2.18. The first kappa shape index (κ1) is 17.7. The fourth-order valence-electron chi connectivity index (χ4n) is 2.59. The minimum absolute atomic E-state index is 0.128. The zero-order chi connectivity index (χ0) is 18.9. The van der Waals surface area contributed by atoms with Crippen LogP contribution in [0.15, 0.2) is 41.7 Å². The van der Waals surface area contributed by atoms with Crippen molar-refractivity contribution >= 4 is 22.5 Å². The lowest BCUT2D eigenvalue weighted by molar-refractivity contribution is -0.116. The van der Waals surface area contributed by atoms with Crippen molar-refractivity contribution in [3.63, 3.8) is 0 Å². The van der Waals surface area contributed by atoms with Gasteiger partial charge in [-0.2, -0.15) is 0 Å². The van der Waals surface area contributed by atoms with Crippen LogP contribution >= 0.6 is 0 Å². The number of aromatic nitrogens is 4. The molecule has 3 aromatic rings. The number of anilines is 1. The molecule has 0 aliphatic rings. The monoisotopic (exact) mass is 351 g/mol. The summed E-state index contributed by atoms with van der Waals surface area (Å²) in [7, 11) is 0. The van der Waals surface area contributed by atoms with E-state index in [1.54, 1.807) is 24.5 Å². The lowest BCUT2D eigenvalue weighted by Crippen LogP contribution is -2.28. The minimum Gasteiger partial charge on any atom is -0.322 e. The maximum Gasteiger partial charge on any atom is 0.261 e. The molecular weight excluding hydrogens is 330 g/mol. The summed E-state index contributed by atoms with van der Waals surface area (Å²) >= 11 is 0. The van der Waals surface area contributed by atoms with Crippen molar-refractivity contribution in [1.29, 1.82) is 0 Å². The van der Waals surface area contributed by atoms with Gasteiger partial charge in [0.1, 0.15) is 12.4 Å². The molecule has 0 saturated heterocycles. The van der Waals surface area contributed by atoms with Crippen LogP contribution in [0.4, 0.5) is 5.69 Å². The van der Waals surface area contributed by atoms with E-state index in [2.05, 4.69) is 20.3 Å². The molecule has 2 heterocycles. The molecule has 1 amide bonds. The Kier molecular flexibility index (Phi) is 4.54. The number of rotatable bonds is 3. The third-order valence-electron chi connectivity index (χ3n) is 3.98. The van der Waals surface area contributed by atoms with Crippen molar-refractivity contribution < 1.29 is 4.79 Å². The molecule has 2 aromatic heterocycles. The minimum atomic E-state index is -0.340. The van der Waals surface area contributed by atoms with E-state index >= 15 is 0 Å². The summed E-state index contributed by atoms with van der Waals surface area (Å²) in [6.07, 6.45) is 4.53. The molecule has 0 atom stereocenters. The van der Waals surface area contributed by atoms with Crippen molar-refractivity contribution in [3.05, 3.63) is 58.7 Å². The van der Waals surface area contributed by atoms with Gasteiger partial charge in [-0.1, -0.05) is 32.9 Å². The van der Waals surface area contributed by atoms with Crippen molar-refractivity contribution in [3.8, 4) is 0 Å². The Hall–Kier alpha value is -3.09. The summed E-state index contributed by atoms with van der Waals surface area (Å²) in [5.74, 6) is 0.355. The molecule has 1 aromatic carbocycles. The number of aryl methyl sites for hydroxylation is 1. The molecule has 0 unspecified atom stereocenters. The number of hydrogen-bond acceptors (Lipinski definition) is 5. The second-order valence-electron chi connectivity index (χ2n) is 7.24. The van der Waals surface area contributed by atoms with Gasteiger partial charge < -0.3 is 5.32 Å². The smallest absolute Gasteiger partial charge is 0.261 e. The molecule has 0 fully saturated rings. The number of hydrogen-bond donors (Lipinski definition) is 1. The van der Waals surface area contributed by atoms with E-state index in [1.165, 1.54) is 10.9 Å². The molecule has 0 radical (unpaired) electrons. The fraction of sp³-hybridized carbons (Fsp3) is 0.316. The quantitative estimate of drug-likeness (QED) is 0.783. The van der Waals surface area contributed by atoms with Crippen LogP contribution in [-0.2, 0) is 16.8 Å². The summed E-state index contributed by atoms with van der Waals surface area (Å²) in [5, 5.41) is 3.20. The molecular formula is C19H21N5O2. The van der Waals surface area contributed by atoms with E-state index in [4.69, 9.17) is 0 Å². The van der Waals surface area contributed by atoms with E-state index in [0.29, 0.717) is 22.4 Å². The van der Waals surface area contributed by atoms with Gasteiger partial charge in [0.05, 0.1) is 35.3 Å².